The fourth-order valence-electron chi connectivity index (χ4n) is 2.97. The van der Waals surface area contributed by atoms with Gasteiger partial charge in [0.1, 0.15) is 0 Å². The van der Waals surface area contributed by atoms with Crippen LogP contribution in [-0.2, 0) is 0 Å². The van der Waals surface area contributed by atoms with Crippen LogP contribution < -0.4 is 16.4 Å². The quantitative estimate of drug-likeness (QED) is 0.865. The maximum atomic E-state index is 6.54. The summed E-state index contributed by atoms with van der Waals surface area (Å²) in [7, 11) is 0. The van der Waals surface area contributed by atoms with Gasteiger partial charge in [0.25, 0.3) is 0 Å². The molecule has 0 saturated carbocycles. The van der Waals surface area contributed by atoms with Crippen LogP contribution in [0.4, 0.5) is 5.13 Å². The number of allylic oxidation sites excluding steroid dienone is 1. The van der Waals surface area contributed by atoms with Gasteiger partial charge in [-0.2, -0.15) is 0 Å². The number of piperidine rings is 1. The number of nitrogens with two attached hydrogens (primary N) is 2. The van der Waals surface area contributed by atoms with Gasteiger partial charge in [-0.1, -0.05) is 12.2 Å². The zero-order valence-corrected chi connectivity index (χ0v) is 11.8. The van der Waals surface area contributed by atoms with Crippen LogP contribution in [0.25, 0.3) is 0 Å². The number of thiazole rings is 1. The molecular formula is C14H20N4S. The van der Waals surface area contributed by atoms with Crippen molar-refractivity contribution in [2.75, 3.05) is 18.0 Å². The average Bonchev–Trinajstić information content (AvgIpc) is 2.97. The zero-order chi connectivity index (χ0) is 13.3. The van der Waals surface area contributed by atoms with E-state index in [-0.39, 0.29) is 5.54 Å². The van der Waals surface area contributed by atoms with Gasteiger partial charge in [0, 0.05) is 35.9 Å². The van der Waals surface area contributed by atoms with E-state index >= 15 is 0 Å². The van der Waals surface area contributed by atoms with Crippen LogP contribution in [-0.4, -0.2) is 23.6 Å². The molecule has 0 bridgehead atoms. The zero-order valence-electron chi connectivity index (χ0n) is 11.0. The minimum Gasteiger partial charge on any atom is -0.399 e. The molecule has 4 nitrogen and oxygen atoms in total. The first kappa shape index (κ1) is 12.7. The first-order chi connectivity index (χ1) is 9.17. The highest BCUT2D eigenvalue weighted by Gasteiger charge is 2.35. The molecule has 0 radical (unpaired) electrons. The second-order valence-electron chi connectivity index (χ2n) is 5.43. The van der Waals surface area contributed by atoms with Crippen LogP contribution >= 0.6 is 11.3 Å². The normalized spacial score (nSPS) is 28.5. The summed E-state index contributed by atoms with van der Waals surface area (Å²) < 4.78 is 0. The summed E-state index contributed by atoms with van der Waals surface area (Å²) in [4.78, 5) is 6.74. The van der Waals surface area contributed by atoms with Crippen molar-refractivity contribution in [2.24, 2.45) is 17.4 Å². The van der Waals surface area contributed by atoms with Gasteiger partial charge < -0.3 is 16.4 Å². The maximum absolute atomic E-state index is 6.54. The van der Waals surface area contributed by atoms with Gasteiger partial charge in [-0.15, -0.1) is 11.3 Å². The van der Waals surface area contributed by atoms with Gasteiger partial charge in [-0.25, -0.2) is 4.98 Å². The molecule has 1 aliphatic heterocycles. The molecule has 5 heteroatoms. The Morgan fingerprint density at radius 2 is 2.16 bits per heavy atom. The minimum atomic E-state index is -0.210. The van der Waals surface area contributed by atoms with E-state index in [0.717, 1.165) is 43.2 Å². The highest BCUT2D eigenvalue weighted by molar-refractivity contribution is 7.13. The fraction of sp³-hybridized carbons (Fsp3) is 0.500. The Hall–Kier alpha value is -1.33. The van der Waals surface area contributed by atoms with E-state index in [1.165, 1.54) is 0 Å². The van der Waals surface area contributed by atoms with E-state index in [2.05, 4.69) is 16.0 Å². The number of nitrogens with zero attached hydrogens (tertiary/aromatic N) is 2. The summed E-state index contributed by atoms with van der Waals surface area (Å²) in [6.45, 7) is 2.09. The van der Waals surface area contributed by atoms with E-state index in [1.54, 1.807) is 11.3 Å². The fourth-order valence-corrected chi connectivity index (χ4v) is 3.66. The van der Waals surface area contributed by atoms with E-state index in [0.29, 0.717) is 5.92 Å². The van der Waals surface area contributed by atoms with Crippen LogP contribution in [0.15, 0.2) is 35.5 Å². The molecule has 3 rings (SSSR count). The third-order valence-corrected chi connectivity index (χ3v) is 5.05. The average molecular weight is 276 g/mol. The van der Waals surface area contributed by atoms with Crippen molar-refractivity contribution in [3.8, 4) is 0 Å². The topological polar surface area (TPSA) is 68.2 Å². The maximum Gasteiger partial charge on any atom is 0.185 e. The number of hydrogen-bond donors (Lipinski definition) is 2. The Kier molecular flexibility index (Phi) is 3.33. The summed E-state index contributed by atoms with van der Waals surface area (Å²) >= 11 is 1.71. The summed E-state index contributed by atoms with van der Waals surface area (Å²) in [5.41, 5.74) is 12.9. The van der Waals surface area contributed by atoms with Crippen molar-refractivity contribution in [3.63, 3.8) is 0 Å². The van der Waals surface area contributed by atoms with Crippen LogP contribution in [0.1, 0.15) is 19.3 Å². The molecule has 1 aromatic rings. The Morgan fingerprint density at radius 3 is 2.74 bits per heavy atom. The van der Waals surface area contributed by atoms with Crippen molar-refractivity contribution in [1.82, 2.24) is 4.98 Å². The Labute approximate surface area is 117 Å². The van der Waals surface area contributed by atoms with Crippen molar-refractivity contribution in [1.29, 1.82) is 0 Å². The molecule has 0 amide bonds. The predicted octanol–water partition coefficient (Wildman–Crippen LogP) is 1.86. The Morgan fingerprint density at radius 1 is 1.37 bits per heavy atom. The molecular weight excluding hydrogens is 256 g/mol. The molecule has 1 atom stereocenters. The summed E-state index contributed by atoms with van der Waals surface area (Å²) in [6.07, 6.45) is 11.1. The van der Waals surface area contributed by atoms with Crippen molar-refractivity contribution in [2.45, 2.75) is 24.8 Å². The lowest BCUT2D eigenvalue weighted by atomic mass is 9.74. The summed E-state index contributed by atoms with van der Waals surface area (Å²) in [5.74, 6) is 0.532. The molecule has 102 valence electrons. The smallest absolute Gasteiger partial charge is 0.185 e. The predicted molar refractivity (Wildman–Crippen MR) is 80.0 cm³/mol. The lowest BCUT2D eigenvalue weighted by Gasteiger charge is -2.41. The highest BCUT2D eigenvalue weighted by Crippen LogP contribution is 2.34. The highest BCUT2D eigenvalue weighted by atomic mass is 32.1. The third kappa shape index (κ3) is 2.53. The second-order valence-corrected chi connectivity index (χ2v) is 6.30. The first-order valence-corrected chi connectivity index (χ1v) is 7.63. The lowest BCUT2D eigenvalue weighted by Crippen LogP contribution is -2.50. The van der Waals surface area contributed by atoms with Crippen LogP contribution in [0.3, 0.4) is 0 Å². The molecule has 19 heavy (non-hydrogen) atoms. The Bertz CT molecular complexity index is 486. The third-order valence-electron chi connectivity index (χ3n) is 4.22. The van der Waals surface area contributed by atoms with Crippen molar-refractivity contribution >= 4 is 16.5 Å². The molecule has 1 aliphatic carbocycles. The van der Waals surface area contributed by atoms with E-state index in [1.807, 2.05) is 23.7 Å². The molecule has 2 aliphatic rings. The molecule has 1 aromatic heterocycles. The van der Waals surface area contributed by atoms with Crippen LogP contribution in [0, 0.1) is 5.92 Å². The lowest BCUT2D eigenvalue weighted by molar-refractivity contribution is 0.274. The Balaban J connectivity index is 1.63. The molecule has 0 spiro atoms. The van der Waals surface area contributed by atoms with E-state index in [4.69, 9.17) is 11.5 Å². The standard InChI is InChI=1S/C14H20N4S/c15-12-1-5-14(16,6-2-12)11-3-8-18(9-4-11)13-17-7-10-19-13/h1-2,5,7,10-11H,3-4,6,8-9,15-16H2. The number of rotatable bonds is 2. The number of anilines is 1. The molecule has 4 N–H and O–H groups in total. The first-order valence-electron chi connectivity index (χ1n) is 6.75. The molecule has 2 heterocycles. The molecule has 0 aromatic carbocycles. The molecule has 1 saturated heterocycles. The van der Waals surface area contributed by atoms with Gasteiger partial charge in [-0.05, 0) is 31.3 Å². The number of hydrogen-bond acceptors (Lipinski definition) is 5. The largest absolute Gasteiger partial charge is 0.399 e. The summed E-state index contributed by atoms with van der Waals surface area (Å²) in [5, 5.41) is 3.16. The van der Waals surface area contributed by atoms with Crippen LogP contribution in [0.5, 0.6) is 0 Å². The molecule has 1 fully saturated rings. The van der Waals surface area contributed by atoms with E-state index in [9.17, 15) is 0 Å². The second kappa shape index (κ2) is 4.98. The van der Waals surface area contributed by atoms with Gasteiger partial charge in [0.05, 0.1) is 0 Å². The monoisotopic (exact) mass is 276 g/mol. The van der Waals surface area contributed by atoms with Gasteiger partial charge in [0.2, 0.25) is 0 Å². The van der Waals surface area contributed by atoms with Crippen molar-refractivity contribution < 1.29 is 0 Å². The SMILES string of the molecule is NC1=CCC(N)(C2CCN(c3nccs3)CC2)C=C1. The minimum absolute atomic E-state index is 0.210. The van der Waals surface area contributed by atoms with E-state index < -0.39 is 0 Å². The molecule has 1 unspecified atom stereocenters. The summed E-state index contributed by atoms with van der Waals surface area (Å²) in [6, 6.07) is 0. The van der Waals surface area contributed by atoms with Gasteiger partial charge in [0.15, 0.2) is 5.13 Å². The van der Waals surface area contributed by atoms with Gasteiger partial charge >= 0.3 is 0 Å². The number of aromatic nitrogens is 1. The van der Waals surface area contributed by atoms with Gasteiger partial charge in [-0.3, -0.25) is 0 Å². The van der Waals surface area contributed by atoms with Crippen LogP contribution in [0.2, 0.25) is 0 Å². The van der Waals surface area contributed by atoms with Crippen molar-refractivity contribution in [3.05, 3.63) is 35.5 Å².